The largest absolute Gasteiger partial charge is 0.384 e. The van der Waals surface area contributed by atoms with Gasteiger partial charge in [0.1, 0.15) is 0 Å². The van der Waals surface area contributed by atoms with Crippen molar-refractivity contribution < 1.29 is 0 Å². The van der Waals surface area contributed by atoms with Gasteiger partial charge in [-0.25, -0.2) is 0 Å². The molecule has 0 unspecified atom stereocenters. The summed E-state index contributed by atoms with van der Waals surface area (Å²) >= 11 is 0. The first kappa shape index (κ1) is 15.0. The molecule has 0 aliphatic heterocycles. The molecule has 1 aromatic rings. The topological polar surface area (TPSA) is 37.0 Å². The van der Waals surface area contributed by atoms with Gasteiger partial charge in [-0.3, -0.25) is 4.98 Å². The fourth-order valence-corrected chi connectivity index (χ4v) is 1.89. The molecular formula is C15H27N3. The van der Waals surface area contributed by atoms with E-state index in [0.29, 0.717) is 6.04 Å². The van der Waals surface area contributed by atoms with Gasteiger partial charge in [0.15, 0.2) is 0 Å². The van der Waals surface area contributed by atoms with Crippen LogP contribution in [0.1, 0.15) is 46.1 Å². The first-order valence-electron chi connectivity index (χ1n) is 7.07. The minimum Gasteiger partial charge on any atom is -0.384 e. The average molecular weight is 249 g/mol. The molecule has 3 heteroatoms. The van der Waals surface area contributed by atoms with E-state index >= 15 is 0 Å². The number of pyridine rings is 1. The van der Waals surface area contributed by atoms with Gasteiger partial charge in [0, 0.05) is 42.8 Å². The third-order valence-electron chi connectivity index (χ3n) is 3.34. The Kier molecular flexibility index (Phi) is 6.73. The molecule has 18 heavy (non-hydrogen) atoms. The number of aromatic nitrogens is 1. The van der Waals surface area contributed by atoms with Crippen LogP contribution >= 0.6 is 0 Å². The molecule has 0 aliphatic carbocycles. The number of nitrogens with one attached hydrogen (secondary N) is 2. The monoisotopic (exact) mass is 249 g/mol. The van der Waals surface area contributed by atoms with Gasteiger partial charge < -0.3 is 10.6 Å². The highest BCUT2D eigenvalue weighted by Crippen LogP contribution is 2.16. The highest BCUT2D eigenvalue weighted by molar-refractivity contribution is 5.49. The van der Waals surface area contributed by atoms with Gasteiger partial charge in [0.25, 0.3) is 0 Å². The third kappa shape index (κ3) is 5.05. The van der Waals surface area contributed by atoms with Gasteiger partial charge in [-0.2, -0.15) is 0 Å². The molecule has 0 fully saturated rings. The second-order valence-electron chi connectivity index (χ2n) is 5.13. The first-order valence-corrected chi connectivity index (χ1v) is 7.07. The average Bonchev–Trinajstić information content (AvgIpc) is 2.38. The Bertz CT molecular complexity index is 332. The molecule has 0 spiro atoms. The van der Waals surface area contributed by atoms with Crippen LogP contribution in [0.15, 0.2) is 18.5 Å². The fraction of sp³-hybridized carbons (Fsp3) is 0.667. The van der Waals surface area contributed by atoms with Crippen LogP contribution in [0.3, 0.4) is 0 Å². The van der Waals surface area contributed by atoms with E-state index in [1.807, 2.05) is 12.4 Å². The number of rotatable bonds is 8. The van der Waals surface area contributed by atoms with Crippen molar-refractivity contribution in [2.75, 3.05) is 11.9 Å². The molecule has 0 radical (unpaired) electrons. The fourth-order valence-electron chi connectivity index (χ4n) is 1.89. The summed E-state index contributed by atoms with van der Waals surface area (Å²) in [6.45, 7) is 10.7. The van der Waals surface area contributed by atoms with Gasteiger partial charge in [-0.1, -0.05) is 40.5 Å². The SMILES string of the molecule is CCC(CC)CNc1ccncc1CNC(C)C. The predicted octanol–water partition coefficient (Wildman–Crippen LogP) is 3.43. The van der Waals surface area contributed by atoms with Crippen molar-refractivity contribution in [3.8, 4) is 0 Å². The molecule has 2 N–H and O–H groups in total. The van der Waals surface area contributed by atoms with E-state index in [4.69, 9.17) is 0 Å². The van der Waals surface area contributed by atoms with Crippen molar-refractivity contribution in [3.05, 3.63) is 24.0 Å². The molecule has 0 amide bonds. The van der Waals surface area contributed by atoms with Crippen LogP contribution in [0, 0.1) is 5.92 Å². The highest BCUT2D eigenvalue weighted by atomic mass is 14.9. The standard InChI is InChI=1S/C15H27N3/c1-5-13(6-2)9-18-15-7-8-16-10-14(15)11-17-12(3)4/h7-8,10,12-13,17H,5-6,9,11H2,1-4H3,(H,16,18). The quantitative estimate of drug-likeness (QED) is 0.741. The van der Waals surface area contributed by atoms with E-state index < -0.39 is 0 Å². The van der Waals surface area contributed by atoms with Crippen molar-refractivity contribution in [1.82, 2.24) is 10.3 Å². The van der Waals surface area contributed by atoms with E-state index in [9.17, 15) is 0 Å². The zero-order chi connectivity index (χ0) is 13.4. The van der Waals surface area contributed by atoms with E-state index in [-0.39, 0.29) is 0 Å². The van der Waals surface area contributed by atoms with Gasteiger partial charge >= 0.3 is 0 Å². The molecular weight excluding hydrogens is 222 g/mol. The molecule has 102 valence electrons. The number of hydrogen-bond donors (Lipinski definition) is 2. The Labute approximate surface area is 111 Å². The van der Waals surface area contributed by atoms with Crippen LogP contribution in [-0.2, 0) is 6.54 Å². The first-order chi connectivity index (χ1) is 8.67. The third-order valence-corrected chi connectivity index (χ3v) is 3.34. The minimum atomic E-state index is 0.497. The van der Waals surface area contributed by atoms with Crippen molar-refractivity contribution in [2.24, 2.45) is 5.92 Å². The Morgan fingerprint density at radius 2 is 1.94 bits per heavy atom. The Balaban J connectivity index is 2.58. The smallest absolute Gasteiger partial charge is 0.0416 e. The maximum atomic E-state index is 4.21. The molecule has 0 saturated carbocycles. The van der Waals surface area contributed by atoms with Gasteiger partial charge in [0.2, 0.25) is 0 Å². The van der Waals surface area contributed by atoms with Crippen molar-refractivity contribution in [3.63, 3.8) is 0 Å². The lowest BCUT2D eigenvalue weighted by atomic mass is 10.0. The van der Waals surface area contributed by atoms with Crippen LogP contribution in [-0.4, -0.2) is 17.6 Å². The summed E-state index contributed by atoms with van der Waals surface area (Å²) < 4.78 is 0. The van der Waals surface area contributed by atoms with E-state index in [2.05, 4.69) is 49.4 Å². The zero-order valence-electron chi connectivity index (χ0n) is 12.2. The molecule has 0 bridgehead atoms. The van der Waals surface area contributed by atoms with Crippen LogP contribution in [0.2, 0.25) is 0 Å². The van der Waals surface area contributed by atoms with Crippen LogP contribution in [0.5, 0.6) is 0 Å². The summed E-state index contributed by atoms with van der Waals surface area (Å²) in [5, 5.41) is 7.00. The molecule has 0 aliphatic rings. The number of anilines is 1. The molecule has 0 aromatic carbocycles. The zero-order valence-corrected chi connectivity index (χ0v) is 12.2. The van der Waals surface area contributed by atoms with Crippen LogP contribution in [0.25, 0.3) is 0 Å². The highest BCUT2D eigenvalue weighted by Gasteiger charge is 2.06. The minimum absolute atomic E-state index is 0.497. The Hall–Kier alpha value is -1.09. The van der Waals surface area contributed by atoms with E-state index in [0.717, 1.165) is 19.0 Å². The summed E-state index contributed by atoms with van der Waals surface area (Å²) in [6.07, 6.45) is 6.26. The summed E-state index contributed by atoms with van der Waals surface area (Å²) in [6, 6.07) is 2.57. The van der Waals surface area contributed by atoms with Gasteiger partial charge in [-0.15, -0.1) is 0 Å². The summed E-state index contributed by atoms with van der Waals surface area (Å²) in [4.78, 5) is 4.21. The molecule has 0 atom stereocenters. The van der Waals surface area contributed by atoms with Crippen molar-refractivity contribution in [2.45, 2.75) is 53.1 Å². The number of nitrogens with zero attached hydrogens (tertiary/aromatic N) is 1. The Morgan fingerprint density at radius 3 is 2.56 bits per heavy atom. The maximum absolute atomic E-state index is 4.21. The van der Waals surface area contributed by atoms with Crippen LogP contribution < -0.4 is 10.6 Å². The lowest BCUT2D eigenvalue weighted by molar-refractivity contribution is 0.518. The van der Waals surface area contributed by atoms with Gasteiger partial charge in [-0.05, 0) is 12.0 Å². The van der Waals surface area contributed by atoms with E-state index in [1.54, 1.807) is 0 Å². The molecule has 1 rings (SSSR count). The van der Waals surface area contributed by atoms with Crippen molar-refractivity contribution in [1.29, 1.82) is 0 Å². The van der Waals surface area contributed by atoms with Crippen molar-refractivity contribution >= 4 is 5.69 Å². The summed E-state index contributed by atoms with van der Waals surface area (Å²) in [7, 11) is 0. The lowest BCUT2D eigenvalue weighted by Crippen LogP contribution is -2.23. The van der Waals surface area contributed by atoms with Crippen LogP contribution in [0.4, 0.5) is 5.69 Å². The second kappa shape index (κ2) is 8.09. The molecule has 1 heterocycles. The van der Waals surface area contributed by atoms with E-state index in [1.165, 1.54) is 24.1 Å². The molecule has 0 saturated heterocycles. The molecule has 1 aromatic heterocycles. The summed E-state index contributed by atoms with van der Waals surface area (Å²) in [5.74, 6) is 0.754. The molecule has 3 nitrogen and oxygen atoms in total. The Morgan fingerprint density at radius 1 is 1.22 bits per heavy atom. The maximum Gasteiger partial charge on any atom is 0.0416 e. The lowest BCUT2D eigenvalue weighted by Gasteiger charge is -2.17. The van der Waals surface area contributed by atoms with Gasteiger partial charge in [0.05, 0.1) is 0 Å². The summed E-state index contributed by atoms with van der Waals surface area (Å²) in [5.41, 5.74) is 2.46. The predicted molar refractivity (Wildman–Crippen MR) is 78.8 cm³/mol. The normalized spacial score (nSPS) is 11.2. The second-order valence-corrected chi connectivity index (χ2v) is 5.13. The number of hydrogen-bond acceptors (Lipinski definition) is 3.